The molecule has 2 heterocycles. The second kappa shape index (κ2) is 11.4. The molecule has 178 valence electrons. The number of hydrogen-bond acceptors (Lipinski definition) is 4. The van der Waals surface area contributed by atoms with E-state index in [-0.39, 0.29) is 24.5 Å². The summed E-state index contributed by atoms with van der Waals surface area (Å²) in [5.41, 5.74) is 3.80. The molecule has 0 N–H and O–H groups in total. The van der Waals surface area contributed by atoms with Gasteiger partial charge in [-0.1, -0.05) is 48.5 Å². The highest BCUT2D eigenvalue weighted by molar-refractivity contribution is 7.10. The van der Waals surface area contributed by atoms with E-state index >= 15 is 0 Å². The fourth-order valence-electron chi connectivity index (χ4n) is 4.28. The molecule has 1 saturated heterocycles. The Hall–Kier alpha value is -2.96. The topological polar surface area (TPSA) is 49.9 Å². The van der Waals surface area contributed by atoms with E-state index in [4.69, 9.17) is 4.74 Å². The molecule has 5 nitrogen and oxygen atoms in total. The first-order valence-corrected chi connectivity index (χ1v) is 12.7. The molecule has 2 amide bonds. The van der Waals surface area contributed by atoms with Crippen molar-refractivity contribution >= 4 is 23.2 Å². The fraction of sp³-hybridized carbons (Fsp3) is 0.357. The molecule has 4 rings (SSSR count). The number of amides is 2. The van der Waals surface area contributed by atoms with Gasteiger partial charge in [0.15, 0.2) is 0 Å². The first kappa shape index (κ1) is 24.2. The van der Waals surface area contributed by atoms with Crippen LogP contribution in [0.3, 0.4) is 0 Å². The summed E-state index contributed by atoms with van der Waals surface area (Å²) in [7, 11) is 0. The van der Waals surface area contributed by atoms with Crippen molar-refractivity contribution in [3.63, 3.8) is 0 Å². The molecule has 34 heavy (non-hydrogen) atoms. The lowest BCUT2D eigenvalue weighted by Gasteiger charge is -2.29. The number of aryl methyl sites for hydroxylation is 2. The second-order valence-corrected chi connectivity index (χ2v) is 9.90. The van der Waals surface area contributed by atoms with Gasteiger partial charge in [0.1, 0.15) is 6.54 Å². The van der Waals surface area contributed by atoms with Crippen molar-refractivity contribution in [1.82, 2.24) is 9.80 Å². The van der Waals surface area contributed by atoms with Crippen LogP contribution in [0.2, 0.25) is 0 Å². The molecule has 3 aromatic rings. The second-order valence-electron chi connectivity index (χ2n) is 8.90. The van der Waals surface area contributed by atoms with Gasteiger partial charge in [0.05, 0.1) is 12.6 Å². The largest absolute Gasteiger partial charge is 0.376 e. The van der Waals surface area contributed by atoms with E-state index in [2.05, 4.69) is 18.4 Å². The van der Waals surface area contributed by atoms with Crippen molar-refractivity contribution in [3.05, 3.63) is 93.2 Å². The molecule has 1 fully saturated rings. The molecule has 6 heteroatoms. The van der Waals surface area contributed by atoms with Crippen molar-refractivity contribution in [2.24, 2.45) is 0 Å². The third-order valence-corrected chi connectivity index (χ3v) is 7.32. The summed E-state index contributed by atoms with van der Waals surface area (Å²) in [4.78, 5) is 31.9. The zero-order valence-corrected chi connectivity index (χ0v) is 20.7. The maximum absolute atomic E-state index is 13.7. The summed E-state index contributed by atoms with van der Waals surface area (Å²) in [6, 6.07) is 19.6. The molecular weight excluding hydrogens is 444 g/mol. The molecular formula is C28H32N2O3S. The Bertz CT molecular complexity index is 1110. The Morgan fingerprint density at radius 1 is 0.941 bits per heavy atom. The van der Waals surface area contributed by atoms with Gasteiger partial charge in [-0.15, -0.1) is 11.3 Å². The molecule has 0 aliphatic carbocycles. The molecule has 2 aromatic carbocycles. The van der Waals surface area contributed by atoms with Crippen molar-refractivity contribution in [1.29, 1.82) is 0 Å². The van der Waals surface area contributed by atoms with Crippen molar-refractivity contribution in [3.8, 4) is 0 Å². The van der Waals surface area contributed by atoms with E-state index in [1.165, 1.54) is 10.4 Å². The Morgan fingerprint density at radius 3 is 2.38 bits per heavy atom. The maximum Gasteiger partial charge on any atom is 0.254 e. The van der Waals surface area contributed by atoms with E-state index in [9.17, 15) is 9.59 Å². The van der Waals surface area contributed by atoms with E-state index in [0.29, 0.717) is 31.8 Å². The molecule has 0 spiro atoms. The Kier molecular flexibility index (Phi) is 8.14. The van der Waals surface area contributed by atoms with Gasteiger partial charge < -0.3 is 14.5 Å². The van der Waals surface area contributed by atoms with Crippen LogP contribution in [0.15, 0.2) is 66.0 Å². The van der Waals surface area contributed by atoms with Crippen molar-refractivity contribution in [2.75, 3.05) is 19.7 Å². The number of benzene rings is 2. The standard InChI is InChI=1S/C28H32N2O3S/c1-21-9-6-7-13-25(21)28(32)30(18-24-12-8-15-33-24)20-27(31)29(17-23-10-4-3-5-11-23)19-26-22(2)14-16-34-26/h3-7,9-11,13-14,16,24H,8,12,15,17-20H2,1-2H3. The smallest absolute Gasteiger partial charge is 0.254 e. The zero-order chi connectivity index (χ0) is 23.9. The third kappa shape index (κ3) is 6.13. The lowest BCUT2D eigenvalue weighted by Crippen LogP contribution is -2.45. The monoisotopic (exact) mass is 476 g/mol. The number of rotatable bonds is 9. The highest BCUT2D eigenvalue weighted by atomic mass is 32.1. The maximum atomic E-state index is 13.7. The molecule has 0 radical (unpaired) electrons. The van der Waals surface area contributed by atoms with Crippen LogP contribution in [-0.2, 0) is 22.6 Å². The highest BCUT2D eigenvalue weighted by Crippen LogP contribution is 2.21. The number of nitrogens with zero attached hydrogens (tertiary/aromatic N) is 2. The fourth-order valence-corrected chi connectivity index (χ4v) is 5.20. The number of ether oxygens (including phenoxy) is 1. The average molecular weight is 477 g/mol. The first-order chi connectivity index (χ1) is 16.5. The van der Waals surface area contributed by atoms with Crippen LogP contribution in [0.1, 0.15) is 44.8 Å². The molecule has 1 aliphatic heterocycles. The summed E-state index contributed by atoms with van der Waals surface area (Å²) in [6.45, 7) is 6.21. The van der Waals surface area contributed by atoms with E-state index in [1.807, 2.05) is 66.4 Å². The van der Waals surface area contributed by atoms with Crippen LogP contribution in [0.5, 0.6) is 0 Å². The lowest BCUT2D eigenvalue weighted by molar-refractivity contribution is -0.133. The summed E-state index contributed by atoms with van der Waals surface area (Å²) >= 11 is 1.66. The number of hydrogen-bond donors (Lipinski definition) is 0. The zero-order valence-electron chi connectivity index (χ0n) is 19.9. The van der Waals surface area contributed by atoms with Crippen LogP contribution in [0.25, 0.3) is 0 Å². The van der Waals surface area contributed by atoms with E-state index in [1.54, 1.807) is 16.2 Å². The van der Waals surface area contributed by atoms with Gasteiger partial charge in [0.2, 0.25) is 5.91 Å². The number of carbonyl (C=O) groups excluding carboxylic acids is 2. The first-order valence-electron chi connectivity index (χ1n) is 11.8. The van der Waals surface area contributed by atoms with Gasteiger partial charge in [0, 0.05) is 30.1 Å². The van der Waals surface area contributed by atoms with Gasteiger partial charge in [-0.2, -0.15) is 0 Å². The van der Waals surface area contributed by atoms with E-state index in [0.717, 1.165) is 24.0 Å². The summed E-state index contributed by atoms with van der Waals surface area (Å²) in [5.74, 6) is -0.175. The van der Waals surface area contributed by atoms with Gasteiger partial charge in [-0.05, 0) is 60.9 Å². The molecule has 1 unspecified atom stereocenters. The molecule has 1 aromatic heterocycles. The van der Waals surface area contributed by atoms with Crippen LogP contribution in [0.4, 0.5) is 0 Å². The Balaban J connectivity index is 1.57. The predicted molar refractivity (Wildman–Crippen MR) is 136 cm³/mol. The predicted octanol–water partition coefficient (Wildman–Crippen LogP) is 5.22. The summed E-state index contributed by atoms with van der Waals surface area (Å²) in [5, 5.41) is 2.06. The summed E-state index contributed by atoms with van der Waals surface area (Å²) in [6.07, 6.45) is 1.87. The van der Waals surface area contributed by atoms with Gasteiger partial charge in [0.25, 0.3) is 5.91 Å². The Morgan fingerprint density at radius 2 is 1.71 bits per heavy atom. The molecule has 1 atom stereocenters. The van der Waals surface area contributed by atoms with E-state index < -0.39 is 0 Å². The molecule has 1 aliphatic rings. The minimum Gasteiger partial charge on any atom is -0.376 e. The molecule has 0 bridgehead atoms. The number of thiophene rings is 1. The van der Waals surface area contributed by atoms with Gasteiger partial charge in [-0.25, -0.2) is 0 Å². The highest BCUT2D eigenvalue weighted by Gasteiger charge is 2.28. The third-order valence-electron chi connectivity index (χ3n) is 6.31. The SMILES string of the molecule is Cc1ccccc1C(=O)N(CC(=O)N(Cc1ccccc1)Cc1sccc1C)CC1CCCO1. The lowest BCUT2D eigenvalue weighted by atomic mass is 10.1. The van der Waals surface area contributed by atoms with Crippen molar-refractivity contribution in [2.45, 2.75) is 45.9 Å². The van der Waals surface area contributed by atoms with Crippen molar-refractivity contribution < 1.29 is 14.3 Å². The van der Waals surface area contributed by atoms with Crippen LogP contribution >= 0.6 is 11.3 Å². The average Bonchev–Trinajstić information content (AvgIpc) is 3.50. The van der Waals surface area contributed by atoms with Crippen LogP contribution in [0, 0.1) is 13.8 Å². The van der Waals surface area contributed by atoms with Crippen LogP contribution < -0.4 is 0 Å². The minimum atomic E-state index is -0.117. The Labute approximate surface area is 206 Å². The van der Waals surface area contributed by atoms with Gasteiger partial charge >= 0.3 is 0 Å². The van der Waals surface area contributed by atoms with Gasteiger partial charge in [-0.3, -0.25) is 9.59 Å². The quantitative estimate of drug-likeness (QED) is 0.426. The minimum absolute atomic E-state index is 0.0251. The summed E-state index contributed by atoms with van der Waals surface area (Å²) < 4.78 is 5.82. The van der Waals surface area contributed by atoms with Crippen LogP contribution in [-0.4, -0.2) is 47.4 Å². The molecule has 0 saturated carbocycles. The normalized spacial score (nSPS) is 15.3. The number of carbonyl (C=O) groups is 2.